The first-order chi connectivity index (χ1) is 13.5. The van der Waals surface area contributed by atoms with Crippen LogP contribution in [0.4, 0.5) is 15.8 Å². The Balaban J connectivity index is 2.01. The second kappa shape index (κ2) is 7.67. The van der Waals surface area contributed by atoms with Crippen LogP contribution < -0.4 is 14.4 Å². The van der Waals surface area contributed by atoms with E-state index >= 15 is 0 Å². The Morgan fingerprint density at radius 1 is 1.21 bits per heavy atom. The van der Waals surface area contributed by atoms with Crippen LogP contribution in [0.5, 0.6) is 5.75 Å². The monoisotopic (exact) mass is 420 g/mol. The molecule has 0 radical (unpaired) electrons. The number of nitrogens with one attached hydrogen (secondary N) is 1. The molecule has 0 saturated carbocycles. The molecule has 1 N–H and O–H groups in total. The number of benzene rings is 2. The second-order valence-corrected chi connectivity index (χ2v) is 9.85. The maximum Gasteiger partial charge on any atom is 0.264 e. The Bertz CT molecular complexity index is 1030. The Hall–Kier alpha value is -2.61. The number of ether oxygens (including phenoxy) is 1. The molecule has 29 heavy (non-hydrogen) atoms. The molecule has 0 spiro atoms. The number of halogens is 1. The summed E-state index contributed by atoms with van der Waals surface area (Å²) in [7, 11) is -4.13. The molecule has 8 heteroatoms. The van der Waals surface area contributed by atoms with Crippen molar-refractivity contribution in [2.24, 2.45) is 11.3 Å². The van der Waals surface area contributed by atoms with Crippen LogP contribution in [0.15, 0.2) is 47.4 Å². The minimum atomic E-state index is -4.13. The number of fused-ring (bicyclic) bond motifs is 1. The fourth-order valence-electron chi connectivity index (χ4n) is 3.13. The lowest BCUT2D eigenvalue weighted by molar-refractivity contribution is -0.127. The minimum Gasteiger partial charge on any atom is -0.490 e. The van der Waals surface area contributed by atoms with Crippen molar-refractivity contribution in [1.82, 2.24) is 0 Å². The lowest BCUT2D eigenvalue weighted by Gasteiger charge is -2.29. The Labute approximate surface area is 170 Å². The standard InChI is InChI=1S/C21H25FN2O4S/c1-14(2)12-24-17-11-15(9-10-18(17)28-13-21(3,4)20(24)25)23-29(26,27)19-8-6-5-7-16(19)22/h5-11,14,23H,12-13H2,1-4H3. The van der Waals surface area contributed by atoms with Gasteiger partial charge < -0.3 is 9.64 Å². The van der Waals surface area contributed by atoms with Gasteiger partial charge in [-0.05, 0) is 50.1 Å². The summed E-state index contributed by atoms with van der Waals surface area (Å²) in [6.07, 6.45) is 0. The number of nitrogens with zero attached hydrogens (tertiary/aromatic N) is 1. The van der Waals surface area contributed by atoms with Crippen LogP contribution >= 0.6 is 0 Å². The number of carbonyl (C=O) groups is 1. The van der Waals surface area contributed by atoms with E-state index < -0.39 is 26.2 Å². The van der Waals surface area contributed by atoms with E-state index in [9.17, 15) is 17.6 Å². The SMILES string of the molecule is CC(C)CN1C(=O)C(C)(C)COc2ccc(NS(=O)(=O)c3ccccc3F)cc21. The first kappa shape index (κ1) is 21.1. The fourth-order valence-corrected chi connectivity index (χ4v) is 4.26. The summed E-state index contributed by atoms with van der Waals surface area (Å²) in [6.45, 7) is 8.30. The van der Waals surface area contributed by atoms with Crippen LogP contribution in [-0.4, -0.2) is 27.5 Å². The molecule has 6 nitrogen and oxygen atoms in total. The molecule has 2 aromatic carbocycles. The highest BCUT2D eigenvalue weighted by molar-refractivity contribution is 7.92. The van der Waals surface area contributed by atoms with E-state index in [2.05, 4.69) is 4.72 Å². The highest BCUT2D eigenvalue weighted by atomic mass is 32.2. The van der Waals surface area contributed by atoms with Crippen molar-refractivity contribution >= 4 is 27.3 Å². The molecule has 3 rings (SSSR count). The van der Waals surface area contributed by atoms with E-state index in [1.54, 1.807) is 17.0 Å². The van der Waals surface area contributed by atoms with Crippen LogP contribution in [0, 0.1) is 17.2 Å². The summed E-state index contributed by atoms with van der Waals surface area (Å²) in [4.78, 5) is 14.3. The molecule has 1 amide bonds. The quantitative estimate of drug-likeness (QED) is 0.792. The maximum atomic E-state index is 14.0. The predicted octanol–water partition coefficient (Wildman–Crippen LogP) is 4.03. The summed E-state index contributed by atoms with van der Waals surface area (Å²) in [5, 5.41) is 0. The number of hydrogen-bond donors (Lipinski definition) is 1. The van der Waals surface area contributed by atoms with Gasteiger partial charge in [0.2, 0.25) is 5.91 Å². The average Bonchev–Trinajstić information content (AvgIpc) is 2.72. The van der Waals surface area contributed by atoms with Crippen LogP contribution in [0.2, 0.25) is 0 Å². The van der Waals surface area contributed by atoms with Crippen LogP contribution in [0.3, 0.4) is 0 Å². The van der Waals surface area contributed by atoms with Gasteiger partial charge in [0.1, 0.15) is 23.1 Å². The van der Waals surface area contributed by atoms with Gasteiger partial charge in [0.05, 0.1) is 16.8 Å². The number of rotatable bonds is 5. The molecule has 156 valence electrons. The van der Waals surface area contributed by atoms with E-state index in [4.69, 9.17) is 4.74 Å². The molecule has 0 unspecified atom stereocenters. The molecule has 0 bridgehead atoms. The lowest BCUT2D eigenvalue weighted by Crippen LogP contribution is -2.43. The Morgan fingerprint density at radius 3 is 2.55 bits per heavy atom. The summed E-state index contributed by atoms with van der Waals surface area (Å²) < 4.78 is 47.4. The van der Waals surface area contributed by atoms with Crippen molar-refractivity contribution in [3.8, 4) is 5.75 Å². The van der Waals surface area contributed by atoms with Gasteiger partial charge >= 0.3 is 0 Å². The Kier molecular flexibility index (Phi) is 5.58. The maximum absolute atomic E-state index is 14.0. The number of sulfonamides is 1. The molecule has 1 aliphatic heterocycles. The van der Waals surface area contributed by atoms with Crippen molar-refractivity contribution in [2.75, 3.05) is 22.8 Å². The smallest absolute Gasteiger partial charge is 0.264 e. The van der Waals surface area contributed by atoms with Crippen LogP contribution in [0.1, 0.15) is 27.7 Å². The van der Waals surface area contributed by atoms with Crippen molar-refractivity contribution in [1.29, 1.82) is 0 Å². The number of amides is 1. The third-order valence-corrected chi connectivity index (χ3v) is 6.00. The van der Waals surface area contributed by atoms with Crippen molar-refractivity contribution in [2.45, 2.75) is 32.6 Å². The second-order valence-electron chi connectivity index (χ2n) is 8.20. The Morgan fingerprint density at radius 2 is 1.90 bits per heavy atom. The first-order valence-electron chi connectivity index (χ1n) is 9.37. The van der Waals surface area contributed by atoms with E-state index in [-0.39, 0.29) is 24.1 Å². The normalized spacial score (nSPS) is 16.2. The highest BCUT2D eigenvalue weighted by Crippen LogP contribution is 2.39. The summed E-state index contributed by atoms with van der Waals surface area (Å²) >= 11 is 0. The van der Waals surface area contributed by atoms with Crippen molar-refractivity contribution in [3.05, 3.63) is 48.3 Å². The molecular formula is C21H25FN2O4S. The van der Waals surface area contributed by atoms with Crippen LogP contribution in [0.25, 0.3) is 0 Å². The molecule has 0 aliphatic carbocycles. The molecule has 0 fully saturated rings. The summed E-state index contributed by atoms with van der Waals surface area (Å²) in [6, 6.07) is 9.87. The largest absolute Gasteiger partial charge is 0.490 e. The highest BCUT2D eigenvalue weighted by Gasteiger charge is 2.38. The molecule has 0 saturated heterocycles. The third kappa shape index (κ3) is 4.37. The van der Waals surface area contributed by atoms with E-state index in [0.29, 0.717) is 18.0 Å². The van der Waals surface area contributed by atoms with Crippen molar-refractivity contribution in [3.63, 3.8) is 0 Å². The van der Waals surface area contributed by atoms with E-state index in [1.165, 1.54) is 24.3 Å². The van der Waals surface area contributed by atoms with Crippen molar-refractivity contribution < 1.29 is 22.3 Å². The molecule has 2 aromatic rings. The number of hydrogen-bond acceptors (Lipinski definition) is 4. The topological polar surface area (TPSA) is 75.7 Å². The molecular weight excluding hydrogens is 395 g/mol. The fraction of sp³-hybridized carbons (Fsp3) is 0.381. The molecule has 0 aromatic heterocycles. The van der Waals surface area contributed by atoms with Gasteiger partial charge in [-0.1, -0.05) is 26.0 Å². The van der Waals surface area contributed by atoms with Gasteiger partial charge in [-0.25, -0.2) is 12.8 Å². The van der Waals surface area contributed by atoms with Crippen LogP contribution in [-0.2, 0) is 14.8 Å². The van der Waals surface area contributed by atoms with E-state index in [0.717, 1.165) is 6.07 Å². The molecule has 1 heterocycles. The van der Waals surface area contributed by atoms with Gasteiger partial charge in [0, 0.05) is 6.54 Å². The zero-order chi connectivity index (χ0) is 21.4. The zero-order valence-electron chi connectivity index (χ0n) is 16.9. The average molecular weight is 421 g/mol. The van der Waals surface area contributed by atoms with Gasteiger partial charge in [-0.3, -0.25) is 9.52 Å². The van der Waals surface area contributed by atoms with Gasteiger partial charge in [0.25, 0.3) is 10.0 Å². The first-order valence-corrected chi connectivity index (χ1v) is 10.9. The predicted molar refractivity (Wildman–Crippen MR) is 110 cm³/mol. The van der Waals surface area contributed by atoms with Gasteiger partial charge in [-0.2, -0.15) is 0 Å². The number of anilines is 2. The summed E-state index contributed by atoms with van der Waals surface area (Å²) in [5.41, 5.74) is -0.0133. The minimum absolute atomic E-state index is 0.0981. The lowest BCUT2D eigenvalue weighted by atomic mass is 9.92. The van der Waals surface area contributed by atoms with Gasteiger partial charge in [-0.15, -0.1) is 0 Å². The zero-order valence-corrected chi connectivity index (χ0v) is 17.7. The van der Waals surface area contributed by atoms with Gasteiger partial charge in [0.15, 0.2) is 0 Å². The number of carbonyl (C=O) groups excluding carboxylic acids is 1. The molecule has 1 aliphatic rings. The molecule has 0 atom stereocenters. The summed E-state index contributed by atoms with van der Waals surface area (Å²) in [5.74, 6) is -0.242. The third-order valence-electron chi connectivity index (χ3n) is 4.59. The van der Waals surface area contributed by atoms with E-state index in [1.807, 2.05) is 27.7 Å².